The summed E-state index contributed by atoms with van der Waals surface area (Å²) in [6.07, 6.45) is 94.8. The summed E-state index contributed by atoms with van der Waals surface area (Å²) in [5, 5.41) is 11.8. The minimum atomic E-state index is -1.63. The van der Waals surface area contributed by atoms with Crippen LogP contribution in [0.5, 0.6) is 0 Å². The molecule has 0 aliphatic rings. The zero-order valence-electron chi connectivity index (χ0n) is 58.5. The number of likely N-dealkylation sites (N-methyl/N-ethyl adjacent to an activating group) is 1. The highest BCUT2D eigenvalue weighted by Gasteiger charge is 2.22. The van der Waals surface area contributed by atoms with Crippen molar-refractivity contribution < 1.29 is 42.9 Å². The van der Waals surface area contributed by atoms with Crippen LogP contribution in [0.15, 0.2) is 109 Å². The monoisotopic (exact) mass is 1240 g/mol. The average molecular weight is 1240 g/mol. The van der Waals surface area contributed by atoms with Crippen LogP contribution < -0.4 is 5.11 Å². The van der Waals surface area contributed by atoms with Crippen molar-refractivity contribution in [2.45, 2.75) is 334 Å². The molecule has 0 N–H and O–H groups in total. The maximum absolute atomic E-state index is 12.9. The number of hydrogen-bond acceptors (Lipinski definition) is 8. The number of quaternary nitrogens is 1. The van der Waals surface area contributed by atoms with Crippen LogP contribution in [0, 0.1) is 0 Å². The van der Waals surface area contributed by atoms with Crippen molar-refractivity contribution in [1.82, 2.24) is 0 Å². The van der Waals surface area contributed by atoms with E-state index in [-0.39, 0.29) is 38.6 Å². The molecule has 0 aliphatic carbocycles. The van der Waals surface area contributed by atoms with E-state index in [9.17, 15) is 19.5 Å². The largest absolute Gasteiger partial charge is 0.545 e. The second-order valence-electron chi connectivity index (χ2n) is 25.9. The number of carbonyl (C=O) groups excluding carboxylic acids is 3. The standard InChI is InChI=1S/C80H139NO8/c1-6-8-10-12-14-16-18-20-22-24-26-28-30-32-34-35-36-37-38-39-40-41-42-43-45-46-48-50-52-54-56-58-60-62-64-66-68-70-77(82)87-74-76(75-88-80(79(84)85)86-73-72-81(3,4)5)89-78(83)71-69-67-65-63-61-59-57-55-53-51-49-47-44-33-31-29-27-25-23-21-19-17-15-13-11-9-7-2/h9,11,15,17-18,20-21,23-24,26-27,29,33,44,49,51,55,57,76,80H,6-8,10,12-14,16,19,22,25,28,30-32,34-43,45-48,50,52-54,56,58-75H2,1-5H3/b11-9-,17-15-,20-18-,23-21-,26-24-,29-27-,44-33-,51-49-,57-55-. The van der Waals surface area contributed by atoms with Gasteiger partial charge in [-0.15, -0.1) is 0 Å². The van der Waals surface area contributed by atoms with E-state index in [1.807, 2.05) is 21.1 Å². The van der Waals surface area contributed by atoms with Gasteiger partial charge in [-0.1, -0.05) is 316 Å². The van der Waals surface area contributed by atoms with Crippen molar-refractivity contribution in [1.29, 1.82) is 0 Å². The molecule has 0 heterocycles. The number of hydrogen-bond donors (Lipinski definition) is 0. The molecule has 0 aromatic rings. The molecular weight excluding hydrogens is 1100 g/mol. The van der Waals surface area contributed by atoms with Crippen molar-refractivity contribution in [3.05, 3.63) is 109 Å². The molecule has 0 aliphatic heterocycles. The number of carboxylic acids is 1. The molecule has 512 valence electrons. The van der Waals surface area contributed by atoms with Gasteiger partial charge in [0.1, 0.15) is 13.2 Å². The van der Waals surface area contributed by atoms with E-state index in [1.54, 1.807) is 0 Å². The van der Waals surface area contributed by atoms with Crippen molar-refractivity contribution in [3.8, 4) is 0 Å². The molecule has 0 bridgehead atoms. The lowest BCUT2D eigenvalue weighted by molar-refractivity contribution is -0.870. The summed E-state index contributed by atoms with van der Waals surface area (Å²) in [5.41, 5.74) is 0. The van der Waals surface area contributed by atoms with E-state index < -0.39 is 24.3 Å². The van der Waals surface area contributed by atoms with Crippen LogP contribution in [0.3, 0.4) is 0 Å². The summed E-state index contributed by atoms with van der Waals surface area (Å²) < 4.78 is 22.8. The highest BCUT2D eigenvalue weighted by molar-refractivity contribution is 5.70. The Bertz CT molecular complexity index is 1830. The Hall–Kier alpha value is -4.05. The quantitative estimate of drug-likeness (QED) is 0.0195. The normalized spacial score (nSPS) is 13.3. The minimum Gasteiger partial charge on any atom is -0.545 e. The molecule has 0 saturated heterocycles. The Labute approximate surface area is 549 Å². The molecule has 0 aromatic carbocycles. The van der Waals surface area contributed by atoms with Crippen LogP contribution in [0.4, 0.5) is 0 Å². The van der Waals surface area contributed by atoms with E-state index in [0.29, 0.717) is 17.4 Å². The molecule has 0 aromatic heterocycles. The van der Waals surface area contributed by atoms with Crippen molar-refractivity contribution >= 4 is 17.9 Å². The van der Waals surface area contributed by atoms with Crippen LogP contribution >= 0.6 is 0 Å². The summed E-state index contributed by atoms with van der Waals surface area (Å²) in [5.74, 6) is -2.30. The van der Waals surface area contributed by atoms with Crippen molar-refractivity contribution in [2.75, 3.05) is 47.5 Å². The van der Waals surface area contributed by atoms with Gasteiger partial charge in [0.25, 0.3) is 0 Å². The second-order valence-corrected chi connectivity index (χ2v) is 25.9. The zero-order chi connectivity index (χ0) is 64.7. The van der Waals surface area contributed by atoms with Gasteiger partial charge >= 0.3 is 11.9 Å². The fourth-order valence-electron chi connectivity index (χ4n) is 10.4. The van der Waals surface area contributed by atoms with Gasteiger partial charge in [-0.05, 0) is 103 Å². The summed E-state index contributed by atoms with van der Waals surface area (Å²) in [6, 6.07) is 0. The molecule has 0 fully saturated rings. The van der Waals surface area contributed by atoms with Crippen molar-refractivity contribution in [3.63, 3.8) is 0 Å². The molecule has 0 spiro atoms. The van der Waals surface area contributed by atoms with Gasteiger partial charge in [0.05, 0.1) is 40.3 Å². The van der Waals surface area contributed by atoms with Gasteiger partial charge in [-0.3, -0.25) is 9.59 Å². The summed E-state index contributed by atoms with van der Waals surface area (Å²) in [4.78, 5) is 37.5. The first-order chi connectivity index (χ1) is 43.6. The lowest BCUT2D eigenvalue weighted by Crippen LogP contribution is -2.44. The molecule has 0 radical (unpaired) electrons. The Balaban J connectivity index is 4.07. The predicted octanol–water partition coefficient (Wildman–Crippen LogP) is 22.0. The Kier molecular flexibility index (Phi) is 66.7. The zero-order valence-corrected chi connectivity index (χ0v) is 58.5. The first-order valence-corrected chi connectivity index (χ1v) is 37.0. The molecule has 0 rings (SSSR count). The number of ether oxygens (including phenoxy) is 4. The topological polar surface area (TPSA) is 111 Å². The fraction of sp³-hybridized carbons (Fsp3) is 0.738. The summed E-state index contributed by atoms with van der Waals surface area (Å²) in [7, 11) is 5.92. The maximum Gasteiger partial charge on any atom is 0.306 e. The van der Waals surface area contributed by atoms with E-state index in [0.717, 1.165) is 103 Å². The maximum atomic E-state index is 12.9. The number of nitrogens with zero attached hydrogens (tertiary/aromatic N) is 1. The summed E-state index contributed by atoms with van der Waals surface area (Å²) >= 11 is 0. The third-order valence-corrected chi connectivity index (χ3v) is 16.0. The van der Waals surface area contributed by atoms with E-state index in [2.05, 4.69) is 123 Å². The first kappa shape index (κ1) is 85.0. The molecule has 0 amide bonds. The number of allylic oxidation sites excluding steroid dienone is 18. The SMILES string of the molecule is CC/C=C\C/C=C\C/C=C\C/C=C\C/C=C\C/C=C\C/C=C\CCCCCCCC(=O)OC(COC(=O)CCCCCCCCCCCCCCCCCCCCCCCCCCC/C=C\C/C=C\CCCCCCC)COC(OCC[N+](C)(C)C)C(=O)[O-]. The number of unbranched alkanes of at least 4 members (excludes halogenated alkanes) is 35. The van der Waals surface area contributed by atoms with Gasteiger partial charge < -0.3 is 33.3 Å². The van der Waals surface area contributed by atoms with Crippen LogP contribution in [0.25, 0.3) is 0 Å². The van der Waals surface area contributed by atoms with Gasteiger partial charge in [0, 0.05) is 12.8 Å². The third kappa shape index (κ3) is 71.3. The second kappa shape index (κ2) is 69.8. The van der Waals surface area contributed by atoms with Gasteiger partial charge in [0.2, 0.25) is 0 Å². The molecule has 2 atom stereocenters. The van der Waals surface area contributed by atoms with Crippen molar-refractivity contribution in [2.24, 2.45) is 0 Å². The van der Waals surface area contributed by atoms with Crippen LogP contribution in [0.1, 0.15) is 322 Å². The smallest absolute Gasteiger partial charge is 0.306 e. The minimum absolute atomic E-state index is 0.140. The van der Waals surface area contributed by atoms with E-state index in [4.69, 9.17) is 18.9 Å². The number of rotatable bonds is 68. The fourth-order valence-corrected chi connectivity index (χ4v) is 10.4. The van der Waals surface area contributed by atoms with Gasteiger partial charge in [0.15, 0.2) is 12.4 Å². The Morgan fingerprint density at radius 2 is 0.640 bits per heavy atom. The summed E-state index contributed by atoms with van der Waals surface area (Å²) in [6.45, 7) is 4.62. The molecule has 9 nitrogen and oxygen atoms in total. The molecule has 9 heteroatoms. The van der Waals surface area contributed by atoms with E-state index >= 15 is 0 Å². The van der Waals surface area contributed by atoms with E-state index in [1.165, 1.54) is 186 Å². The van der Waals surface area contributed by atoms with Gasteiger partial charge in [-0.2, -0.15) is 0 Å². The molecule has 89 heavy (non-hydrogen) atoms. The Morgan fingerprint density at radius 3 is 0.955 bits per heavy atom. The molecule has 2 unspecified atom stereocenters. The highest BCUT2D eigenvalue weighted by atomic mass is 16.7. The van der Waals surface area contributed by atoms with Gasteiger partial charge in [-0.25, -0.2) is 0 Å². The van der Waals surface area contributed by atoms with Crippen LogP contribution in [-0.4, -0.2) is 82.3 Å². The lowest BCUT2D eigenvalue weighted by Gasteiger charge is -2.26. The third-order valence-electron chi connectivity index (χ3n) is 16.0. The number of carbonyl (C=O) groups is 3. The predicted molar refractivity (Wildman–Crippen MR) is 380 cm³/mol. The molecular formula is C80H139NO8. The average Bonchev–Trinajstić information content (AvgIpc) is 3.64. The number of aliphatic carboxylic acids is 1. The molecule has 0 saturated carbocycles. The number of esters is 2. The van der Waals surface area contributed by atoms with Crippen LogP contribution in [0.2, 0.25) is 0 Å². The number of carboxylic acid groups (broad SMARTS) is 1. The van der Waals surface area contributed by atoms with Crippen LogP contribution in [-0.2, 0) is 33.3 Å². The lowest BCUT2D eigenvalue weighted by atomic mass is 10.0. The highest BCUT2D eigenvalue weighted by Crippen LogP contribution is 2.18. The first-order valence-electron chi connectivity index (χ1n) is 37.0. The Morgan fingerprint density at radius 1 is 0.348 bits per heavy atom.